The van der Waals surface area contributed by atoms with Crippen molar-refractivity contribution in [3.63, 3.8) is 0 Å². The van der Waals surface area contributed by atoms with E-state index < -0.39 is 0 Å². The molecule has 1 aliphatic rings. The van der Waals surface area contributed by atoms with E-state index in [0.29, 0.717) is 5.92 Å². The van der Waals surface area contributed by atoms with Crippen LogP contribution in [0.5, 0.6) is 0 Å². The van der Waals surface area contributed by atoms with E-state index in [9.17, 15) is 0 Å². The quantitative estimate of drug-likeness (QED) is 0.831. The van der Waals surface area contributed by atoms with Gasteiger partial charge in [0.25, 0.3) is 0 Å². The van der Waals surface area contributed by atoms with Crippen LogP contribution in [-0.4, -0.2) is 11.5 Å². The molecule has 2 rings (SSSR count). The normalized spacial score (nSPS) is 19.8. The molecule has 1 atom stereocenters. The minimum Gasteiger partial charge on any atom is -0.306 e. The van der Waals surface area contributed by atoms with E-state index in [-0.39, 0.29) is 5.54 Å². The number of hydrogen-bond donors (Lipinski definition) is 1. The largest absolute Gasteiger partial charge is 0.306 e. The van der Waals surface area contributed by atoms with Crippen molar-refractivity contribution in [3.8, 4) is 0 Å². The van der Waals surface area contributed by atoms with Crippen molar-refractivity contribution in [1.82, 2.24) is 10.3 Å². The summed E-state index contributed by atoms with van der Waals surface area (Å²) in [6.45, 7) is 9.97. The Labute approximate surface area is 115 Å². The Bertz CT molecular complexity index is 382. The maximum atomic E-state index is 4.87. The van der Waals surface area contributed by atoms with Crippen LogP contribution in [0.3, 0.4) is 0 Å². The Hall–Kier alpha value is -0.410. The van der Waals surface area contributed by atoms with Crippen LogP contribution in [-0.2, 0) is 5.54 Å². The molecule has 1 N–H and O–H groups in total. The third-order valence-electron chi connectivity index (χ3n) is 4.07. The molecule has 0 bridgehead atoms. The zero-order valence-electron chi connectivity index (χ0n) is 12.1. The van der Waals surface area contributed by atoms with Crippen LogP contribution >= 0.6 is 11.3 Å². The summed E-state index contributed by atoms with van der Waals surface area (Å²) in [7, 11) is 0. The van der Waals surface area contributed by atoms with Crippen molar-refractivity contribution >= 4 is 11.3 Å². The number of nitrogens with one attached hydrogen (secondary N) is 1. The minimum atomic E-state index is 0.0810. The van der Waals surface area contributed by atoms with Crippen molar-refractivity contribution < 1.29 is 0 Å². The SMILES string of the molecule is CCNC(C)(CC1CCC1)c1nc(C(C)C)cs1. The van der Waals surface area contributed by atoms with Crippen molar-refractivity contribution in [3.05, 3.63) is 16.1 Å². The zero-order chi connectivity index (χ0) is 13.2. The van der Waals surface area contributed by atoms with Gasteiger partial charge < -0.3 is 5.32 Å². The molecule has 102 valence electrons. The molecule has 0 saturated heterocycles. The fourth-order valence-corrected chi connectivity index (χ4v) is 3.84. The molecule has 0 amide bonds. The summed E-state index contributed by atoms with van der Waals surface area (Å²) in [6.07, 6.45) is 5.47. The predicted molar refractivity (Wildman–Crippen MR) is 79.2 cm³/mol. The highest BCUT2D eigenvalue weighted by Crippen LogP contribution is 2.39. The highest BCUT2D eigenvalue weighted by molar-refractivity contribution is 7.09. The van der Waals surface area contributed by atoms with Gasteiger partial charge in [0.2, 0.25) is 0 Å². The maximum absolute atomic E-state index is 4.87. The average molecular weight is 266 g/mol. The van der Waals surface area contributed by atoms with Gasteiger partial charge in [0.1, 0.15) is 5.01 Å². The van der Waals surface area contributed by atoms with E-state index in [4.69, 9.17) is 4.98 Å². The van der Waals surface area contributed by atoms with E-state index in [2.05, 4.69) is 38.4 Å². The highest BCUT2D eigenvalue weighted by atomic mass is 32.1. The molecule has 1 saturated carbocycles. The summed E-state index contributed by atoms with van der Waals surface area (Å²) in [5.41, 5.74) is 1.32. The van der Waals surface area contributed by atoms with Gasteiger partial charge in [-0.25, -0.2) is 4.98 Å². The first-order valence-corrected chi connectivity index (χ1v) is 8.14. The second-order valence-corrected chi connectivity index (χ2v) is 6.95. The molecule has 0 radical (unpaired) electrons. The summed E-state index contributed by atoms with van der Waals surface area (Å²) in [5, 5.41) is 7.18. The molecular weight excluding hydrogens is 240 g/mol. The Kier molecular flexibility index (Phi) is 4.44. The first-order valence-electron chi connectivity index (χ1n) is 7.26. The van der Waals surface area contributed by atoms with Crippen molar-refractivity contribution in [2.24, 2.45) is 5.92 Å². The Balaban J connectivity index is 2.15. The van der Waals surface area contributed by atoms with Gasteiger partial charge in [-0.2, -0.15) is 0 Å². The lowest BCUT2D eigenvalue weighted by molar-refractivity contribution is 0.205. The maximum Gasteiger partial charge on any atom is 0.113 e. The molecule has 3 heteroatoms. The molecule has 1 aromatic heterocycles. The topological polar surface area (TPSA) is 24.9 Å². The zero-order valence-corrected chi connectivity index (χ0v) is 12.9. The molecule has 2 nitrogen and oxygen atoms in total. The smallest absolute Gasteiger partial charge is 0.113 e. The number of rotatable bonds is 6. The lowest BCUT2D eigenvalue weighted by atomic mass is 9.76. The van der Waals surface area contributed by atoms with Gasteiger partial charge in [-0.15, -0.1) is 11.3 Å². The number of nitrogens with zero attached hydrogens (tertiary/aromatic N) is 1. The van der Waals surface area contributed by atoms with Crippen LogP contribution in [0.2, 0.25) is 0 Å². The van der Waals surface area contributed by atoms with E-state index in [1.54, 1.807) is 0 Å². The van der Waals surface area contributed by atoms with E-state index in [1.165, 1.54) is 36.4 Å². The van der Waals surface area contributed by atoms with Gasteiger partial charge in [-0.1, -0.05) is 40.0 Å². The Morgan fingerprint density at radius 1 is 1.50 bits per heavy atom. The number of hydrogen-bond acceptors (Lipinski definition) is 3. The van der Waals surface area contributed by atoms with Crippen LogP contribution in [0, 0.1) is 5.92 Å². The van der Waals surface area contributed by atoms with Gasteiger partial charge in [-0.3, -0.25) is 0 Å². The first-order chi connectivity index (χ1) is 8.55. The van der Waals surface area contributed by atoms with Crippen LogP contribution in [0.15, 0.2) is 5.38 Å². The summed E-state index contributed by atoms with van der Waals surface area (Å²) < 4.78 is 0. The summed E-state index contributed by atoms with van der Waals surface area (Å²) in [6, 6.07) is 0. The molecule has 0 spiro atoms. The van der Waals surface area contributed by atoms with Crippen LogP contribution in [0.1, 0.15) is 70.0 Å². The van der Waals surface area contributed by atoms with Crippen molar-refractivity contribution in [2.45, 2.75) is 64.8 Å². The predicted octanol–water partition coefficient (Wildman–Crippen LogP) is 4.28. The lowest BCUT2D eigenvalue weighted by Crippen LogP contribution is -2.42. The molecule has 1 aromatic rings. The molecule has 1 unspecified atom stereocenters. The lowest BCUT2D eigenvalue weighted by Gasteiger charge is -2.36. The summed E-state index contributed by atoms with van der Waals surface area (Å²) in [5.74, 6) is 1.44. The second kappa shape index (κ2) is 5.70. The Morgan fingerprint density at radius 3 is 2.67 bits per heavy atom. The van der Waals surface area contributed by atoms with Gasteiger partial charge in [0.05, 0.1) is 11.2 Å². The Morgan fingerprint density at radius 2 is 2.22 bits per heavy atom. The van der Waals surface area contributed by atoms with Crippen LogP contribution < -0.4 is 5.32 Å². The highest BCUT2D eigenvalue weighted by Gasteiger charge is 2.34. The average Bonchev–Trinajstić information content (AvgIpc) is 2.74. The van der Waals surface area contributed by atoms with Gasteiger partial charge in [-0.05, 0) is 31.7 Å². The van der Waals surface area contributed by atoms with Crippen LogP contribution in [0.4, 0.5) is 0 Å². The monoisotopic (exact) mass is 266 g/mol. The summed E-state index contributed by atoms with van der Waals surface area (Å²) in [4.78, 5) is 4.87. The molecule has 0 aliphatic heterocycles. The molecule has 1 fully saturated rings. The molecule has 1 aliphatic carbocycles. The summed E-state index contributed by atoms with van der Waals surface area (Å²) >= 11 is 1.83. The molecule has 1 heterocycles. The fraction of sp³-hybridized carbons (Fsp3) is 0.800. The molecular formula is C15H26N2S. The molecule has 18 heavy (non-hydrogen) atoms. The minimum absolute atomic E-state index is 0.0810. The third kappa shape index (κ3) is 2.94. The van der Waals surface area contributed by atoms with Gasteiger partial charge in [0, 0.05) is 5.38 Å². The van der Waals surface area contributed by atoms with E-state index in [1.807, 2.05) is 11.3 Å². The second-order valence-electron chi connectivity index (χ2n) is 6.10. The third-order valence-corrected chi connectivity index (χ3v) is 5.20. The number of aromatic nitrogens is 1. The van der Waals surface area contributed by atoms with Gasteiger partial charge in [0.15, 0.2) is 0 Å². The van der Waals surface area contributed by atoms with Gasteiger partial charge >= 0.3 is 0 Å². The first kappa shape index (κ1) is 14.0. The van der Waals surface area contributed by atoms with Crippen LogP contribution in [0.25, 0.3) is 0 Å². The number of thiazole rings is 1. The molecule has 0 aromatic carbocycles. The fourth-order valence-electron chi connectivity index (χ4n) is 2.70. The van der Waals surface area contributed by atoms with E-state index in [0.717, 1.165) is 12.5 Å². The van der Waals surface area contributed by atoms with Crippen molar-refractivity contribution in [2.75, 3.05) is 6.54 Å². The van der Waals surface area contributed by atoms with Crippen molar-refractivity contribution in [1.29, 1.82) is 0 Å². The standard InChI is InChI=1S/C15H26N2S/c1-5-16-15(4,9-12-7-6-8-12)14-17-13(10-18-14)11(2)3/h10-12,16H,5-9H2,1-4H3. The van der Waals surface area contributed by atoms with E-state index >= 15 is 0 Å².